The highest BCUT2D eigenvalue weighted by molar-refractivity contribution is 5.48. The van der Waals surface area contributed by atoms with Crippen LogP contribution < -0.4 is 9.47 Å². The van der Waals surface area contributed by atoms with Crippen molar-refractivity contribution in [3.63, 3.8) is 0 Å². The molecule has 2 aromatic carbocycles. The molecule has 126 valence electrons. The van der Waals surface area contributed by atoms with E-state index in [1.54, 1.807) is 7.11 Å². The predicted molar refractivity (Wildman–Crippen MR) is 95.6 cm³/mol. The Morgan fingerprint density at radius 2 is 1.79 bits per heavy atom. The molecule has 1 fully saturated rings. The minimum Gasteiger partial charge on any atom is -0.493 e. The lowest BCUT2D eigenvalue weighted by atomic mass is 9.83. The van der Waals surface area contributed by atoms with Crippen LogP contribution in [0, 0.1) is 0 Å². The molecule has 0 unspecified atom stereocenters. The third kappa shape index (κ3) is 3.01. The molecular weight excluding hydrogens is 298 g/mol. The lowest BCUT2D eigenvalue weighted by Crippen LogP contribution is -2.49. The third-order valence-corrected chi connectivity index (χ3v) is 5.47. The maximum Gasteiger partial charge on any atom is 0.165 e. The minimum absolute atomic E-state index is 0.00514. The summed E-state index contributed by atoms with van der Waals surface area (Å²) in [6.07, 6.45) is 4.40. The topological polar surface area (TPSA) is 21.7 Å². The molecule has 1 saturated heterocycles. The zero-order valence-corrected chi connectivity index (χ0v) is 14.3. The number of para-hydroxylation sites is 1. The summed E-state index contributed by atoms with van der Waals surface area (Å²) in [5.41, 5.74) is 2.67. The van der Waals surface area contributed by atoms with E-state index in [0.29, 0.717) is 0 Å². The number of hydrogen-bond acceptors (Lipinski definition) is 3. The van der Waals surface area contributed by atoms with E-state index in [1.807, 2.05) is 6.07 Å². The Bertz CT molecular complexity index is 676. The van der Waals surface area contributed by atoms with Crippen LogP contribution in [0.2, 0.25) is 0 Å². The van der Waals surface area contributed by atoms with Gasteiger partial charge in [-0.3, -0.25) is 4.90 Å². The molecule has 2 aliphatic rings. The molecule has 0 bridgehead atoms. The molecule has 24 heavy (non-hydrogen) atoms. The van der Waals surface area contributed by atoms with Crippen molar-refractivity contribution in [3.05, 3.63) is 59.7 Å². The lowest BCUT2D eigenvalue weighted by molar-refractivity contribution is -0.0180. The molecule has 0 aliphatic carbocycles. The lowest BCUT2D eigenvalue weighted by Gasteiger charge is -2.44. The van der Waals surface area contributed by atoms with E-state index in [2.05, 4.69) is 47.4 Å². The van der Waals surface area contributed by atoms with Gasteiger partial charge in [0.15, 0.2) is 11.5 Å². The van der Waals surface area contributed by atoms with Gasteiger partial charge in [0.1, 0.15) is 5.60 Å². The van der Waals surface area contributed by atoms with Crippen molar-refractivity contribution in [1.82, 2.24) is 4.90 Å². The van der Waals surface area contributed by atoms with Crippen molar-refractivity contribution in [2.75, 3.05) is 20.2 Å². The summed E-state index contributed by atoms with van der Waals surface area (Å²) < 4.78 is 12.0. The SMILES string of the molecule is COc1cccc2c1OC1(CC2)CCN(Cc2ccccc2)CC1. The smallest absolute Gasteiger partial charge is 0.165 e. The molecule has 2 aliphatic heterocycles. The molecule has 0 N–H and O–H groups in total. The van der Waals surface area contributed by atoms with Gasteiger partial charge in [0, 0.05) is 19.6 Å². The number of aryl methyl sites for hydroxylation is 1. The van der Waals surface area contributed by atoms with Crippen LogP contribution in [-0.4, -0.2) is 30.7 Å². The number of piperidine rings is 1. The Hall–Kier alpha value is -2.00. The van der Waals surface area contributed by atoms with Crippen LogP contribution in [-0.2, 0) is 13.0 Å². The fraction of sp³-hybridized carbons (Fsp3) is 0.429. The quantitative estimate of drug-likeness (QED) is 0.850. The van der Waals surface area contributed by atoms with E-state index >= 15 is 0 Å². The summed E-state index contributed by atoms with van der Waals surface area (Å²) in [6, 6.07) is 17.0. The van der Waals surface area contributed by atoms with Crippen LogP contribution >= 0.6 is 0 Å². The van der Waals surface area contributed by atoms with Crippen molar-refractivity contribution >= 4 is 0 Å². The van der Waals surface area contributed by atoms with Gasteiger partial charge in [-0.15, -0.1) is 0 Å². The summed E-state index contributed by atoms with van der Waals surface area (Å²) in [5, 5.41) is 0. The molecule has 4 rings (SSSR count). The van der Waals surface area contributed by atoms with Crippen molar-refractivity contribution in [2.24, 2.45) is 0 Å². The van der Waals surface area contributed by atoms with Crippen molar-refractivity contribution < 1.29 is 9.47 Å². The summed E-state index contributed by atoms with van der Waals surface area (Å²) >= 11 is 0. The number of likely N-dealkylation sites (tertiary alicyclic amines) is 1. The highest BCUT2D eigenvalue weighted by atomic mass is 16.5. The number of hydrogen-bond donors (Lipinski definition) is 0. The summed E-state index contributed by atoms with van der Waals surface area (Å²) in [7, 11) is 1.72. The van der Waals surface area contributed by atoms with Gasteiger partial charge in [0.2, 0.25) is 0 Å². The van der Waals surface area contributed by atoms with E-state index < -0.39 is 0 Å². The van der Waals surface area contributed by atoms with Gasteiger partial charge in [-0.25, -0.2) is 0 Å². The van der Waals surface area contributed by atoms with Crippen molar-refractivity contribution in [2.45, 2.75) is 37.8 Å². The highest BCUT2D eigenvalue weighted by Crippen LogP contribution is 2.43. The van der Waals surface area contributed by atoms with Crippen molar-refractivity contribution in [3.8, 4) is 11.5 Å². The molecule has 0 radical (unpaired) electrons. The van der Waals surface area contributed by atoms with Gasteiger partial charge in [0.25, 0.3) is 0 Å². The second kappa shape index (κ2) is 6.48. The Kier molecular flexibility index (Phi) is 4.19. The molecule has 2 aromatic rings. The second-order valence-corrected chi connectivity index (χ2v) is 7.00. The van der Waals surface area contributed by atoms with Crippen LogP contribution in [0.15, 0.2) is 48.5 Å². The zero-order chi connectivity index (χ0) is 16.4. The monoisotopic (exact) mass is 323 g/mol. The Labute approximate surface area is 144 Å². The van der Waals surface area contributed by atoms with E-state index in [-0.39, 0.29) is 5.60 Å². The largest absolute Gasteiger partial charge is 0.493 e. The van der Waals surface area contributed by atoms with Crippen LogP contribution in [0.4, 0.5) is 0 Å². The first-order valence-corrected chi connectivity index (χ1v) is 8.89. The first-order valence-electron chi connectivity index (χ1n) is 8.89. The van der Waals surface area contributed by atoms with Gasteiger partial charge in [-0.05, 0) is 42.9 Å². The maximum atomic E-state index is 6.53. The molecule has 0 amide bonds. The number of benzene rings is 2. The van der Waals surface area contributed by atoms with Crippen molar-refractivity contribution in [1.29, 1.82) is 0 Å². The second-order valence-electron chi connectivity index (χ2n) is 7.00. The molecule has 1 spiro atoms. The minimum atomic E-state index is -0.00514. The number of ether oxygens (including phenoxy) is 2. The molecular formula is C21H25NO2. The Balaban J connectivity index is 1.44. The summed E-state index contributed by atoms with van der Waals surface area (Å²) in [4.78, 5) is 2.54. The number of rotatable bonds is 3. The normalized spacial score (nSPS) is 19.5. The van der Waals surface area contributed by atoms with Gasteiger partial charge in [0.05, 0.1) is 7.11 Å². The van der Waals surface area contributed by atoms with Crippen LogP contribution in [0.3, 0.4) is 0 Å². The first-order chi connectivity index (χ1) is 11.8. The molecule has 3 nitrogen and oxygen atoms in total. The number of fused-ring (bicyclic) bond motifs is 1. The molecule has 0 aromatic heterocycles. The average Bonchev–Trinajstić information content (AvgIpc) is 2.64. The average molecular weight is 323 g/mol. The standard InChI is InChI=1S/C21H25NO2/c1-23-19-9-5-8-18-10-11-21(24-20(18)19)12-14-22(15-13-21)16-17-6-3-2-4-7-17/h2-9H,10-16H2,1H3. The summed E-state index contributed by atoms with van der Waals surface area (Å²) in [6.45, 7) is 3.23. The van der Waals surface area contributed by atoms with E-state index in [9.17, 15) is 0 Å². The van der Waals surface area contributed by atoms with Gasteiger partial charge < -0.3 is 9.47 Å². The molecule has 0 atom stereocenters. The molecule has 2 heterocycles. The number of nitrogens with zero attached hydrogens (tertiary/aromatic N) is 1. The maximum absolute atomic E-state index is 6.53. The fourth-order valence-electron chi connectivity index (χ4n) is 3.98. The van der Waals surface area contributed by atoms with Gasteiger partial charge in [-0.1, -0.05) is 42.5 Å². The Morgan fingerprint density at radius 3 is 2.54 bits per heavy atom. The predicted octanol–water partition coefficient (Wildman–Crippen LogP) is 4.06. The fourth-order valence-corrected chi connectivity index (χ4v) is 3.98. The van der Waals surface area contributed by atoms with Gasteiger partial charge in [-0.2, -0.15) is 0 Å². The summed E-state index contributed by atoms with van der Waals surface area (Å²) in [5.74, 6) is 1.85. The molecule has 3 heteroatoms. The highest BCUT2D eigenvalue weighted by Gasteiger charge is 2.40. The zero-order valence-electron chi connectivity index (χ0n) is 14.3. The van der Waals surface area contributed by atoms with Crippen LogP contribution in [0.1, 0.15) is 30.4 Å². The number of methoxy groups -OCH3 is 1. The van der Waals surface area contributed by atoms with Crippen LogP contribution in [0.25, 0.3) is 0 Å². The van der Waals surface area contributed by atoms with Crippen LogP contribution in [0.5, 0.6) is 11.5 Å². The Morgan fingerprint density at radius 1 is 1.00 bits per heavy atom. The first kappa shape index (κ1) is 15.5. The molecule has 0 saturated carbocycles. The van der Waals surface area contributed by atoms with E-state index in [0.717, 1.165) is 56.8 Å². The third-order valence-electron chi connectivity index (χ3n) is 5.47. The van der Waals surface area contributed by atoms with E-state index in [4.69, 9.17) is 9.47 Å². The van der Waals surface area contributed by atoms with E-state index in [1.165, 1.54) is 11.1 Å². The van der Waals surface area contributed by atoms with Gasteiger partial charge >= 0.3 is 0 Å².